The Balaban J connectivity index is 2.08. The first-order valence-electron chi connectivity index (χ1n) is 12.7. The Bertz CT molecular complexity index is 1390. The van der Waals surface area contributed by atoms with E-state index in [9.17, 15) is 18.0 Å². The summed E-state index contributed by atoms with van der Waals surface area (Å²) in [4.78, 5) is 29.3. The van der Waals surface area contributed by atoms with Crippen LogP contribution in [0.4, 0.5) is 5.69 Å². The molecule has 2 amide bonds. The largest absolute Gasteiger partial charge is 0.350 e. The van der Waals surface area contributed by atoms with Crippen molar-refractivity contribution in [3.8, 4) is 0 Å². The maximum Gasteiger partial charge on any atom is 0.244 e. The molecule has 0 radical (unpaired) electrons. The van der Waals surface area contributed by atoms with Crippen LogP contribution < -0.4 is 9.62 Å². The number of carbonyl (C=O) groups excluding carboxylic acids is 2. The summed E-state index contributed by atoms with van der Waals surface area (Å²) in [5.41, 5.74) is 2.01. The molecular weight excluding hydrogens is 534 g/mol. The monoisotopic (exact) mass is 569 g/mol. The van der Waals surface area contributed by atoms with Gasteiger partial charge >= 0.3 is 0 Å². The van der Waals surface area contributed by atoms with Gasteiger partial charge in [0.2, 0.25) is 21.8 Å². The van der Waals surface area contributed by atoms with Gasteiger partial charge in [-0.25, -0.2) is 8.42 Å². The molecule has 0 aromatic heterocycles. The van der Waals surface area contributed by atoms with Crippen LogP contribution in [0.3, 0.4) is 0 Å². The zero-order chi connectivity index (χ0) is 28.8. The van der Waals surface area contributed by atoms with E-state index in [4.69, 9.17) is 11.6 Å². The second-order valence-electron chi connectivity index (χ2n) is 10.6. The van der Waals surface area contributed by atoms with Crippen LogP contribution in [-0.4, -0.2) is 49.5 Å². The van der Waals surface area contributed by atoms with Gasteiger partial charge < -0.3 is 10.2 Å². The average Bonchev–Trinajstić information content (AvgIpc) is 2.86. The fourth-order valence-electron chi connectivity index (χ4n) is 4.25. The molecule has 1 N–H and O–H groups in total. The Kier molecular flexibility index (Phi) is 9.80. The molecule has 39 heavy (non-hydrogen) atoms. The molecule has 0 heterocycles. The van der Waals surface area contributed by atoms with E-state index >= 15 is 0 Å². The highest BCUT2D eigenvalue weighted by molar-refractivity contribution is 7.92. The second kappa shape index (κ2) is 12.7. The number of nitrogens with one attached hydrogen (secondary N) is 1. The molecule has 208 valence electrons. The van der Waals surface area contributed by atoms with Crippen molar-refractivity contribution in [2.24, 2.45) is 0 Å². The lowest BCUT2D eigenvalue weighted by Gasteiger charge is -2.35. The van der Waals surface area contributed by atoms with Gasteiger partial charge in [-0.15, -0.1) is 0 Å². The number of rotatable bonds is 10. The topological polar surface area (TPSA) is 86.8 Å². The number of hydrogen-bond acceptors (Lipinski definition) is 4. The molecule has 0 fully saturated rings. The Morgan fingerprint density at radius 2 is 1.46 bits per heavy atom. The predicted molar refractivity (Wildman–Crippen MR) is 157 cm³/mol. The van der Waals surface area contributed by atoms with Crippen LogP contribution in [0, 0.1) is 6.92 Å². The molecule has 3 aromatic carbocycles. The zero-order valence-electron chi connectivity index (χ0n) is 23.0. The van der Waals surface area contributed by atoms with Crippen molar-refractivity contribution in [3.05, 3.63) is 101 Å². The van der Waals surface area contributed by atoms with Crippen LogP contribution in [-0.2, 0) is 32.6 Å². The first-order valence-corrected chi connectivity index (χ1v) is 14.9. The molecule has 0 bridgehead atoms. The number of nitrogens with zero attached hydrogens (tertiary/aromatic N) is 2. The number of amides is 2. The van der Waals surface area contributed by atoms with Crippen LogP contribution in [0.1, 0.15) is 37.5 Å². The van der Waals surface area contributed by atoms with E-state index in [1.165, 1.54) is 4.90 Å². The fourth-order valence-corrected chi connectivity index (χ4v) is 5.32. The number of benzene rings is 3. The molecule has 0 saturated heterocycles. The summed E-state index contributed by atoms with van der Waals surface area (Å²) in [6, 6.07) is 22.8. The maximum absolute atomic E-state index is 14.1. The standard InChI is InChI=1S/C30H36ClN3O4S/c1-22-25(31)17-12-18-26(22)34(39(5,37)38)21-28(35)33(20-24-15-10-7-11-16-24)27(29(36)32-30(2,3)4)19-23-13-8-6-9-14-23/h6-18,27H,19-21H2,1-5H3,(H,32,36). The van der Waals surface area contributed by atoms with Gasteiger partial charge in [0.1, 0.15) is 12.6 Å². The van der Waals surface area contributed by atoms with E-state index < -0.39 is 34.1 Å². The summed E-state index contributed by atoms with van der Waals surface area (Å²) in [7, 11) is -3.87. The van der Waals surface area contributed by atoms with E-state index in [2.05, 4.69) is 5.32 Å². The second-order valence-corrected chi connectivity index (χ2v) is 12.9. The lowest BCUT2D eigenvalue weighted by molar-refractivity contribution is -0.140. The van der Waals surface area contributed by atoms with E-state index in [0.717, 1.165) is 21.7 Å². The SMILES string of the molecule is Cc1c(Cl)cccc1N(CC(=O)N(Cc1ccccc1)C(Cc1ccccc1)C(=O)NC(C)(C)C)S(C)(=O)=O. The molecule has 3 aromatic rings. The number of hydrogen-bond donors (Lipinski definition) is 1. The Labute approximate surface area is 236 Å². The normalized spacial score (nSPS) is 12.5. The van der Waals surface area contributed by atoms with E-state index in [1.807, 2.05) is 81.4 Å². The first kappa shape index (κ1) is 30.2. The smallest absolute Gasteiger partial charge is 0.244 e. The number of carbonyl (C=O) groups is 2. The minimum Gasteiger partial charge on any atom is -0.350 e. The molecule has 7 nitrogen and oxygen atoms in total. The zero-order valence-corrected chi connectivity index (χ0v) is 24.6. The number of sulfonamides is 1. The lowest BCUT2D eigenvalue weighted by Crippen LogP contribution is -2.56. The third kappa shape index (κ3) is 8.57. The molecular formula is C30H36ClN3O4S. The fraction of sp³-hybridized carbons (Fsp3) is 0.333. The van der Waals surface area contributed by atoms with Crippen LogP contribution in [0.5, 0.6) is 0 Å². The minimum absolute atomic E-state index is 0.126. The molecule has 0 saturated carbocycles. The summed E-state index contributed by atoms with van der Waals surface area (Å²) >= 11 is 6.29. The van der Waals surface area contributed by atoms with Gasteiger partial charge in [0.25, 0.3) is 0 Å². The van der Waals surface area contributed by atoms with Crippen molar-refractivity contribution in [1.29, 1.82) is 0 Å². The van der Waals surface area contributed by atoms with Crippen molar-refractivity contribution in [2.75, 3.05) is 17.1 Å². The summed E-state index contributed by atoms with van der Waals surface area (Å²) in [5.74, 6) is -0.825. The van der Waals surface area contributed by atoms with Crippen LogP contribution in [0.2, 0.25) is 5.02 Å². The molecule has 9 heteroatoms. The van der Waals surface area contributed by atoms with Gasteiger partial charge in [0.05, 0.1) is 11.9 Å². The average molecular weight is 570 g/mol. The van der Waals surface area contributed by atoms with Gasteiger partial charge in [-0.1, -0.05) is 78.3 Å². The van der Waals surface area contributed by atoms with Crippen molar-refractivity contribution in [3.63, 3.8) is 0 Å². The molecule has 1 atom stereocenters. The molecule has 0 aliphatic carbocycles. The van der Waals surface area contributed by atoms with Crippen LogP contribution >= 0.6 is 11.6 Å². The number of anilines is 1. The Morgan fingerprint density at radius 3 is 2.00 bits per heavy atom. The lowest BCUT2D eigenvalue weighted by atomic mass is 10.0. The third-order valence-corrected chi connectivity index (χ3v) is 7.69. The van der Waals surface area contributed by atoms with Crippen molar-refractivity contribution >= 4 is 39.1 Å². The molecule has 3 rings (SSSR count). The van der Waals surface area contributed by atoms with E-state index in [0.29, 0.717) is 16.3 Å². The van der Waals surface area contributed by atoms with Crippen molar-refractivity contribution < 1.29 is 18.0 Å². The van der Waals surface area contributed by atoms with Gasteiger partial charge in [0.15, 0.2) is 0 Å². The molecule has 0 aliphatic rings. The van der Waals surface area contributed by atoms with Crippen molar-refractivity contribution in [1.82, 2.24) is 10.2 Å². The van der Waals surface area contributed by atoms with Crippen LogP contribution in [0.15, 0.2) is 78.9 Å². The van der Waals surface area contributed by atoms with Gasteiger partial charge in [0, 0.05) is 23.5 Å². The quantitative estimate of drug-likeness (QED) is 0.373. The highest BCUT2D eigenvalue weighted by atomic mass is 35.5. The summed E-state index contributed by atoms with van der Waals surface area (Å²) < 4.78 is 26.9. The van der Waals surface area contributed by atoms with Crippen LogP contribution in [0.25, 0.3) is 0 Å². The van der Waals surface area contributed by atoms with E-state index in [1.54, 1.807) is 25.1 Å². The Hall–Kier alpha value is -3.36. The Morgan fingerprint density at radius 1 is 0.897 bits per heavy atom. The molecule has 0 spiro atoms. The third-order valence-electron chi connectivity index (χ3n) is 6.15. The summed E-state index contributed by atoms with van der Waals surface area (Å²) in [6.07, 6.45) is 1.31. The minimum atomic E-state index is -3.87. The molecule has 0 aliphatic heterocycles. The van der Waals surface area contributed by atoms with E-state index in [-0.39, 0.29) is 18.9 Å². The van der Waals surface area contributed by atoms with Gasteiger partial charge in [-0.05, 0) is 56.5 Å². The van der Waals surface area contributed by atoms with Gasteiger partial charge in [-0.2, -0.15) is 0 Å². The van der Waals surface area contributed by atoms with Gasteiger partial charge in [-0.3, -0.25) is 13.9 Å². The number of halogens is 1. The summed E-state index contributed by atoms with van der Waals surface area (Å²) in [5, 5.41) is 3.40. The first-order chi connectivity index (χ1) is 18.3. The maximum atomic E-state index is 14.1. The highest BCUT2D eigenvalue weighted by Crippen LogP contribution is 2.28. The molecule has 1 unspecified atom stereocenters. The van der Waals surface area contributed by atoms with Crippen molar-refractivity contribution in [2.45, 2.75) is 52.2 Å². The summed E-state index contributed by atoms with van der Waals surface area (Å²) in [6.45, 7) is 6.97. The predicted octanol–water partition coefficient (Wildman–Crippen LogP) is 4.97. The highest BCUT2D eigenvalue weighted by Gasteiger charge is 2.34.